The zero-order valence-electron chi connectivity index (χ0n) is 21.1. The molecule has 4 heterocycles. The van der Waals surface area contributed by atoms with Gasteiger partial charge in [-0.05, 0) is 57.3 Å². The summed E-state index contributed by atoms with van der Waals surface area (Å²) in [6, 6.07) is 5.29. The third-order valence-electron chi connectivity index (χ3n) is 7.33. The number of fused-ring (bicyclic) bond motifs is 3. The van der Waals surface area contributed by atoms with Gasteiger partial charge in [-0.25, -0.2) is 14.2 Å². The van der Waals surface area contributed by atoms with Gasteiger partial charge in [-0.2, -0.15) is 18.3 Å². The maximum atomic E-state index is 14.5. The molecule has 1 saturated carbocycles. The van der Waals surface area contributed by atoms with Crippen molar-refractivity contribution in [1.82, 2.24) is 24.5 Å². The van der Waals surface area contributed by atoms with Gasteiger partial charge in [0.25, 0.3) is 5.91 Å². The number of piperidine rings is 1. The number of imidazole rings is 1. The van der Waals surface area contributed by atoms with E-state index in [0.717, 1.165) is 31.4 Å². The lowest BCUT2D eigenvalue weighted by molar-refractivity contribution is -0.192. The zero-order chi connectivity index (χ0) is 28.1. The quantitative estimate of drug-likeness (QED) is 0.329. The molecule has 1 amide bonds. The Balaban J connectivity index is 0.000000392. The van der Waals surface area contributed by atoms with Gasteiger partial charge < -0.3 is 20.1 Å². The van der Waals surface area contributed by atoms with Crippen molar-refractivity contribution in [1.29, 1.82) is 0 Å². The van der Waals surface area contributed by atoms with E-state index in [4.69, 9.17) is 15.0 Å². The normalized spacial score (nSPS) is 20.3. The smallest absolute Gasteiger partial charge is 0.475 e. The standard InChI is InChI=1S/C24H25FN6O.C2HF3O2/c1-3-31-13-18-19(24-6-7-26-10-15(24)9-24)5-4-17(21(18)29-31)23(32)28-16-8-20(25)22-27-14(2)11-30(22)12-16;3-2(4,5)1(6)7/h4-5,8,11-13,15,26H,3,6-7,9-10H2,1-2H3,(H,28,32);(H,6,7). The van der Waals surface area contributed by atoms with Gasteiger partial charge in [0.2, 0.25) is 0 Å². The third-order valence-corrected chi connectivity index (χ3v) is 7.33. The number of aromatic nitrogens is 4. The van der Waals surface area contributed by atoms with E-state index in [1.54, 1.807) is 23.7 Å². The summed E-state index contributed by atoms with van der Waals surface area (Å²) in [4.78, 5) is 26.3. The average molecular weight is 547 g/mol. The minimum atomic E-state index is -5.08. The Morgan fingerprint density at radius 2 is 2.00 bits per heavy atom. The van der Waals surface area contributed by atoms with Crippen molar-refractivity contribution in [2.45, 2.75) is 44.8 Å². The Bertz CT molecular complexity index is 1590. The van der Waals surface area contributed by atoms with Gasteiger partial charge in [0, 0.05) is 42.0 Å². The molecule has 3 N–H and O–H groups in total. The Morgan fingerprint density at radius 1 is 1.26 bits per heavy atom. The maximum Gasteiger partial charge on any atom is 0.490 e. The molecule has 9 nitrogen and oxygen atoms in total. The summed E-state index contributed by atoms with van der Waals surface area (Å²) in [6.45, 7) is 6.64. The first kappa shape index (κ1) is 26.6. The molecule has 3 aromatic heterocycles. The highest BCUT2D eigenvalue weighted by molar-refractivity contribution is 6.12. The SMILES string of the molecule is CCn1cc2c(C34CCNCC3C4)ccc(C(=O)Nc3cc(F)c4nc(C)cn4c3)c2n1.O=C(O)C(F)(F)F. The number of carboxylic acids is 1. The average Bonchev–Trinajstić information content (AvgIpc) is 3.25. The van der Waals surface area contributed by atoms with Crippen LogP contribution in [0.15, 0.2) is 36.8 Å². The second kappa shape index (κ2) is 9.63. The van der Waals surface area contributed by atoms with Crippen LogP contribution < -0.4 is 10.6 Å². The Hall–Kier alpha value is -4.00. The molecule has 2 fully saturated rings. The fourth-order valence-electron chi connectivity index (χ4n) is 5.39. The molecule has 0 spiro atoms. The highest BCUT2D eigenvalue weighted by Gasteiger charge is 2.56. The maximum absolute atomic E-state index is 14.5. The summed E-state index contributed by atoms with van der Waals surface area (Å²) < 4.78 is 49.7. The summed E-state index contributed by atoms with van der Waals surface area (Å²) in [5.74, 6) is -2.88. The lowest BCUT2D eigenvalue weighted by Crippen LogP contribution is -2.31. The summed E-state index contributed by atoms with van der Waals surface area (Å²) >= 11 is 0. The van der Waals surface area contributed by atoms with Crippen molar-refractivity contribution >= 4 is 34.1 Å². The van der Waals surface area contributed by atoms with E-state index in [-0.39, 0.29) is 17.0 Å². The van der Waals surface area contributed by atoms with Gasteiger partial charge in [0.05, 0.1) is 16.9 Å². The second-order valence-electron chi connectivity index (χ2n) is 9.87. The number of hydrogen-bond donors (Lipinski definition) is 3. The molecule has 206 valence electrons. The van der Waals surface area contributed by atoms with Crippen LogP contribution in [0.5, 0.6) is 0 Å². The first-order chi connectivity index (χ1) is 18.4. The highest BCUT2D eigenvalue weighted by Crippen LogP contribution is 2.59. The number of anilines is 1. The number of halogens is 4. The van der Waals surface area contributed by atoms with Gasteiger partial charge in [-0.1, -0.05) is 6.07 Å². The first-order valence-corrected chi connectivity index (χ1v) is 12.4. The lowest BCUT2D eigenvalue weighted by atomic mass is 9.85. The summed E-state index contributed by atoms with van der Waals surface area (Å²) in [6.07, 6.45) is 2.68. The number of benzene rings is 1. The van der Waals surface area contributed by atoms with Crippen molar-refractivity contribution in [3.63, 3.8) is 0 Å². The molecule has 1 aromatic carbocycles. The number of carboxylic acid groups (broad SMARTS) is 1. The van der Waals surface area contributed by atoms with Gasteiger partial charge in [-0.3, -0.25) is 9.48 Å². The number of alkyl halides is 3. The molecule has 2 aliphatic rings. The molecule has 6 rings (SSSR count). The van der Waals surface area contributed by atoms with E-state index in [2.05, 4.69) is 27.9 Å². The fraction of sp³-hybridized carbons (Fsp3) is 0.385. The first-order valence-electron chi connectivity index (χ1n) is 12.4. The van der Waals surface area contributed by atoms with Gasteiger partial charge in [-0.15, -0.1) is 0 Å². The van der Waals surface area contributed by atoms with Crippen LogP contribution in [0.2, 0.25) is 0 Å². The van der Waals surface area contributed by atoms with Crippen molar-refractivity contribution in [3.05, 3.63) is 59.4 Å². The Morgan fingerprint density at radius 3 is 2.67 bits per heavy atom. The van der Waals surface area contributed by atoms with Crippen molar-refractivity contribution < 1.29 is 32.3 Å². The van der Waals surface area contributed by atoms with Gasteiger partial charge in [0.15, 0.2) is 11.5 Å². The minimum Gasteiger partial charge on any atom is -0.475 e. The molecule has 2 atom stereocenters. The number of rotatable bonds is 4. The fourth-order valence-corrected chi connectivity index (χ4v) is 5.39. The number of amides is 1. The van der Waals surface area contributed by atoms with Crippen molar-refractivity contribution in [3.8, 4) is 0 Å². The van der Waals surface area contributed by atoms with Gasteiger partial charge >= 0.3 is 12.1 Å². The minimum absolute atomic E-state index is 0.202. The van der Waals surface area contributed by atoms with Crippen LogP contribution in [0, 0.1) is 18.7 Å². The number of pyridine rings is 1. The number of carbonyl (C=O) groups is 2. The van der Waals surface area contributed by atoms with Crippen LogP contribution in [0.1, 0.15) is 41.4 Å². The summed E-state index contributed by atoms with van der Waals surface area (Å²) in [7, 11) is 0. The Kier molecular flexibility index (Phi) is 6.57. The van der Waals surface area contributed by atoms with Crippen LogP contribution in [-0.2, 0) is 16.8 Å². The number of carbonyl (C=O) groups excluding carboxylic acids is 1. The zero-order valence-corrected chi connectivity index (χ0v) is 21.1. The summed E-state index contributed by atoms with van der Waals surface area (Å²) in [5, 5.41) is 19.2. The molecule has 1 aliphatic heterocycles. The van der Waals surface area contributed by atoms with E-state index in [9.17, 15) is 22.4 Å². The van der Waals surface area contributed by atoms with E-state index in [1.165, 1.54) is 18.1 Å². The second-order valence-corrected chi connectivity index (χ2v) is 9.87. The molecular weight excluding hydrogens is 520 g/mol. The van der Waals surface area contributed by atoms with Crippen LogP contribution in [0.3, 0.4) is 0 Å². The van der Waals surface area contributed by atoms with Crippen molar-refractivity contribution in [2.75, 3.05) is 18.4 Å². The molecule has 4 aromatic rings. The highest BCUT2D eigenvalue weighted by atomic mass is 19.4. The molecule has 13 heteroatoms. The number of aryl methyl sites for hydroxylation is 2. The predicted octanol–water partition coefficient (Wildman–Crippen LogP) is 4.29. The van der Waals surface area contributed by atoms with Crippen LogP contribution >= 0.6 is 0 Å². The third kappa shape index (κ3) is 4.93. The van der Waals surface area contributed by atoms with E-state index < -0.39 is 18.0 Å². The molecule has 1 aliphatic carbocycles. The van der Waals surface area contributed by atoms with E-state index in [1.807, 2.05) is 17.7 Å². The van der Waals surface area contributed by atoms with Crippen molar-refractivity contribution in [2.24, 2.45) is 5.92 Å². The van der Waals surface area contributed by atoms with E-state index >= 15 is 0 Å². The number of nitrogens with zero attached hydrogens (tertiary/aromatic N) is 4. The number of hydrogen-bond acceptors (Lipinski definition) is 5. The monoisotopic (exact) mass is 546 g/mol. The molecule has 39 heavy (non-hydrogen) atoms. The van der Waals surface area contributed by atoms with Crippen LogP contribution in [-0.4, -0.2) is 55.4 Å². The topological polar surface area (TPSA) is 114 Å². The number of nitrogens with one attached hydrogen (secondary N) is 2. The van der Waals surface area contributed by atoms with E-state index in [0.29, 0.717) is 28.4 Å². The molecule has 1 saturated heterocycles. The summed E-state index contributed by atoms with van der Waals surface area (Å²) in [5.41, 5.74) is 4.05. The van der Waals surface area contributed by atoms with Crippen LogP contribution in [0.4, 0.5) is 23.2 Å². The molecule has 2 unspecified atom stereocenters. The molecular formula is C26H26F4N6O3. The van der Waals surface area contributed by atoms with Gasteiger partial charge in [0.1, 0.15) is 5.52 Å². The lowest BCUT2D eigenvalue weighted by Gasteiger charge is -2.24. The number of aliphatic carboxylic acids is 1. The van der Waals surface area contributed by atoms with Crippen LogP contribution in [0.25, 0.3) is 16.6 Å². The Labute approximate surface area is 219 Å². The largest absolute Gasteiger partial charge is 0.490 e. The molecule has 0 radical (unpaired) electrons. The predicted molar refractivity (Wildman–Crippen MR) is 134 cm³/mol. The molecule has 0 bridgehead atoms.